The van der Waals surface area contributed by atoms with E-state index in [1.54, 1.807) is 7.11 Å². The predicted octanol–water partition coefficient (Wildman–Crippen LogP) is 6.48. The molecule has 0 aromatic heterocycles. The Bertz CT molecular complexity index is 964. The van der Waals surface area contributed by atoms with E-state index in [2.05, 4.69) is 31.2 Å². The monoisotopic (exact) mass is 449 g/mol. The molecule has 5 rings (SSSR count). The molecule has 0 amide bonds. The molecule has 0 spiro atoms. The highest BCUT2D eigenvalue weighted by Crippen LogP contribution is 2.66. The quantitative estimate of drug-likeness (QED) is 0.239. The van der Waals surface area contributed by atoms with Gasteiger partial charge in [-0.2, -0.15) is 0 Å². The molecule has 3 fully saturated rings. The zero-order valence-corrected chi connectivity index (χ0v) is 20.3. The van der Waals surface area contributed by atoms with Crippen LogP contribution in [0.1, 0.15) is 70.8 Å². The Morgan fingerprint density at radius 3 is 2.58 bits per heavy atom. The Labute approximate surface area is 198 Å². The summed E-state index contributed by atoms with van der Waals surface area (Å²) in [5.74, 6) is 3.26. The van der Waals surface area contributed by atoms with Crippen LogP contribution in [0.4, 0.5) is 0 Å². The summed E-state index contributed by atoms with van der Waals surface area (Å²) in [4.78, 5) is 0. The van der Waals surface area contributed by atoms with Crippen LogP contribution in [0.3, 0.4) is 0 Å². The molecule has 0 heterocycles. The van der Waals surface area contributed by atoms with Gasteiger partial charge in [-0.3, -0.25) is 0 Å². The van der Waals surface area contributed by atoms with Gasteiger partial charge >= 0.3 is 0 Å². The Morgan fingerprint density at radius 2 is 1.85 bits per heavy atom. The molecule has 0 bridgehead atoms. The highest BCUT2D eigenvalue weighted by Gasteiger charge is 2.59. The summed E-state index contributed by atoms with van der Waals surface area (Å²) < 4.78 is 5.25. The van der Waals surface area contributed by atoms with Crippen molar-refractivity contribution in [1.82, 2.24) is 0 Å². The highest BCUT2D eigenvalue weighted by atomic mass is 16.5. The number of nitrogens with zero attached hydrogens (tertiary/aromatic N) is 1. The molecule has 2 N–H and O–H groups in total. The first kappa shape index (κ1) is 22.7. The number of benzene rings is 1. The van der Waals surface area contributed by atoms with E-state index in [4.69, 9.17) is 4.74 Å². The molecule has 1 aromatic carbocycles. The van der Waals surface area contributed by atoms with Gasteiger partial charge in [-0.1, -0.05) is 48.9 Å². The lowest BCUT2D eigenvalue weighted by Gasteiger charge is -2.58. The van der Waals surface area contributed by atoms with Gasteiger partial charge in [-0.25, -0.2) is 0 Å². The first-order valence-electron chi connectivity index (χ1n) is 12.8. The molecular formula is C29H39NO3. The molecule has 3 saturated carbocycles. The topological polar surface area (TPSA) is 62.0 Å². The maximum Gasteiger partial charge on any atom is 0.118 e. The SMILES string of the molecule is COc1ccc(/C=C/C(=N/O)[C@H]2CC[C@H]3[C@@H]4CC=C5CC(O)CC[C@]5(C)[C@H]4CC[C@]23C)cc1. The van der Waals surface area contributed by atoms with Crippen LogP contribution in [-0.2, 0) is 0 Å². The second kappa shape index (κ2) is 8.61. The van der Waals surface area contributed by atoms with Crippen molar-refractivity contribution in [3.05, 3.63) is 47.6 Å². The van der Waals surface area contributed by atoms with Crippen molar-refractivity contribution in [3.8, 4) is 5.75 Å². The lowest BCUT2D eigenvalue weighted by molar-refractivity contribution is -0.0424. The minimum Gasteiger partial charge on any atom is -0.497 e. The smallest absolute Gasteiger partial charge is 0.118 e. The third-order valence-corrected chi connectivity index (χ3v) is 10.1. The number of oxime groups is 1. The van der Waals surface area contributed by atoms with Crippen molar-refractivity contribution in [1.29, 1.82) is 0 Å². The lowest BCUT2D eigenvalue weighted by atomic mass is 9.47. The Kier molecular flexibility index (Phi) is 5.93. The highest BCUT2D eigenvalue weighted by molar-refractivity contribution is 6.00. The van der Waals surface area contributed by atoms with E-state index in [-0.39, 0.29) is 16.9 Å². The van der Waals surface area contributed by atoms with E-state index in [0.29, 0.717) is 17.8 Å². The number of rotatable bonds is 4. The minimum atomic E-state index is -0.147. The Balaban J connectivity index is 1.36. The van der Waals surface area contributed by atoms with Crippen molar-refractivity contribution >= 4 is 11.8 Å². The maximum atomic E-state index is 10.2. The van der Waals surface area contributed by atoms with Crippen LogP contribution >= 0.6 is 0 Å². The number of fused-ring (bicyclic) bond motifs is 5. The van der Waals surface area contributed by atoms with Crippen molar-refractivity contribution in [2.24, 2.45) is 39.7 Å². The van der Waals surface area contributed by atoms with Crippen molar-refractivity contribution < 1.29 is 15.1 Å². The molecule has 4 heteroatoms. The molecule has 4 nitrogen and oxygen atoms in total. The largest absolute Gasteiger partial charge is 0.497 e. The van der Waals surface area contributed by atoms with Gasteiger partial charge in [0.1, 0.15) is 5.75 Å². The van der Waals surface area contributed by atoms with Crippen LogP contribution in [0, 0.1) is 34.5 Å². The van der Waals surface area contributed by atoms with Crippen LogP contribution < -0.4 is 4.74 Å². The van der Waals surface area contributed by atoms with Gasteiger partial charge in [0, 0.05) is 5.92 Å². The first-order valence-corrected chi connectivity index (χ1v) is 12.8. The van der Waals surface area contributed by atoms with Gasteiger partial charge in [-0.05, 0) is 104 Å². The normalized spacial score (nSPS) is 40.7. The van der Waals surface area contributed by atoms with Crippen molar-refractivity contribution in [3.63, 3.8) is 0 Å². The van der Waals surface area contributed by atoms with Crippen LogP contribution in [0.25, 0.3) is 6.08 Å². The number of aliphatic hydroxyl groups excluding tert-OH is 1. The van der Waals surface area contributed by atoms with E-state index in [1.165, 1.54) is 24.8 Å². The number of aliphatic hydroxyl groups is 1. The molecule has 7 atom stereocenters. The van der Waals surface area contributed by atoms with Crippen molar-refractivity contribution in [2.45, 2.75) is 71.3 Å². The molecule has 1 aromatic rings. The molecule has 0 saturated heterocycles. The van der Waals surface area contributed by atoms with Gasteiger partial charge < -0.3 is 15.1 Å². The molecule has 178 valence electrons. The van der Waals surface area contributed by atoms with Gasteiger partial charge in [-0.15, -0.1) is 0 Å². The zero-order chi connectivity index (χ0) is 23.2. The molecular weight excluding hydrogens is 410 g/mol. The number of hydrogen-bond donors (Lipinski definition) is 2. The second-order valence-corrected chi connectivity index (χ2v) is 11.5. The average Bonchev–Trinajstić information content (AvgIpc) is 3.17. The van der Waals surface area contributed by atoms with E-state index in [1.807, 2.05) is 30.3 Å². The van der Waals surface area contributed by atoms with Gasteiger partial charge in [0.25, 0.3) is 0 Å². The van der Waals surface area contributed by atoms with Crippen LogP contribution in [0.15, 0.2) is 47.1 Å². The summed E-state index contributed by atoms with van der Waals surface area (Å²) in [7, 11) is 1.67. The number of ether oxygens (including phenoxy) is 1. The maximum absolute atomic E-state index is 10.2. The van der Waals surface area contributed by atoms with E-state index >= 15 is 0 Å². The number of hydrogen-bond acceptors (Lipinski definition) is 4. The van der Waals surface area contributed by atoms with Gasteiger partial charge in [0.2, 0.25) is 0 Å². The fourth-order valence-electron chi connectivity index (χ4n) is 8.24. The summed E-state index contributed by atoms with van der Waals surface area (Å²) in [6.07, 6.45) is 15.3. The van der Waals surface area contributed by atoms with Crippen LogP contribution in [0.2, 0.25) is 0 Å². The minimum absolute atomic E-state index is 0.147. The summed E-state index contributed by atoms with van der Waals surface area (Å²) in [5.41, 5.74) is 3.89. The second-order valence-electron chi connectivity index (χ2n) is 11.5. The summed E-state index contributed by atoms with van der Waals surface area (Å²) >= 11 is 0. The molecule has 0 aliphatic heterocycles. The van der Waals surface area contributed by atoms with Crippen LogP contribution in [0.5, 0.6) is 5.75 Å². The summed E-state index contributed by atoms with van der Waals surface area (Å²) in [6.45, 7) is 4.94. The molecule has 4 aliphatic carbocycles. The fourth-order valence-corrected chi connectivity index (χ4v) is 8.24. The van der Waals surface area contributed by atoms with Crippen LogP contribution in [-0.4, -0.2) is 29.2 Å². The van der Waals surface area contributed by atoms with E-state index in [9.17, 15) is 10.3 Å². The molecule has 0 radical (unpaired) electrons. The standard InChI is InChI=1S/C29H39NO3/c1-28-16-14-21(31)18-20(28)7-10-23-24-11-12-26(29(24,2)17-15-25(23)28)27(30-32)13-6-19-4-8-22(33-3)9-5-19/h4-9,13,21,23-26,31-32H,10-12,14-18H2,1-3H3/b13-6+,30-27-/t21?,23-,24-,25-,26+,28-,29-/m0/s1. The summed E-state index contributed by atoms with van der Waals surface area (Å²) in [5, 5.41) is 24.0. The molecule has 33 heavy (non-hydrogen) atoms. The third kappa shape index (κ3) is 3.75. The van der Waals surface area contributed by atoms with E-state index in [0.717, 1.165) is 55.0 Å². The average molecular weight is 450 g/mol. The van der Waals surface area contributed by atoms with E-state index < -0.39 is 0 Å². The molecule has 4 aliphatic rings. The lowest BCUT2D eigenvalue weighted by Crippen LogP contribution is -2.51. The first-order chi connectivity index (χ1) is 15.9. The third-order valence-electron chi connectivity index (χ3n) is 10.1. The van der Waals surface area contributed by atoms with Gasteiger partial charge in [0.05, 0.1) is 18.9 Å². The predicted molar refractivity (Wildman–Crippen MR) is 132 cm³/mol. The fraction of sp³-hybridized carbons (Fsp3) is 0.621. The van der Waals surface area contributed by atoms with Crippen molar-refractivity contribution in [2.75, 3.05) is 7.11 Å². The number of allylic oxidation sites excluding steroid dienone is 2. The summed E-state index contributed by atoms with van der Waals surface area (Å²) in [6, 6.07) is 7.98. The van der Waals surface area contributed by atoms with Gasteiger partial charge in [0.15, 0.2) is 0 Å². The Hall–Kier alpha value is -2.07. The Morgan fingerprint density at radius 1 is 1.06 bits per heavy atom. The number of methoxy groups -OCH3 is 1. The molecule has 1 unspecified atom stereocenters. The zero-order valence-electron chi connectivity index (χ0n) is 20.3.